The van der Waals surface area contributed by atoms with E-state index in [0.717, 1.165) is 0 Å². The Kier molecular flexibility index (Phi) is 3.76. The van der Waals surface area contributed by atoms with Gasteiger partial charge < -0.3 is 19.8 Å². The number of aromatic nitrogens is 2. The number of nitrogens with zero attached hydrogens (tertiary/aromatic N) is 1. The summed E-state index contributed by atoms with van der Waals surface area (Å²) >= 11 is 0. The third-order valence-electron chi connectivity index (χ3n) is 2.86. The number of hydrogen-bond donors (Lipinski definition) is 3. The molecule has 7 heteroatoms. The van der Waals surface area contributed by atoms with Crippen molar-refractivity contribution in [1.82, 2.24) is 9.97 Å². The Balaban J connectivity index is 2.82. The quantitative estimate of drug-likeness (QED) is 0.588. The van der Waals surface area contributed by atoms with E-state index in [4.69, 9.17) is 4.65 Å². The Morgan fingerprint density at radius 1 is 1.41 bits per heavy atom. The van der Waals surface area contributed by atoms with Crippen LogP contribution in [0.2, 0.25) is 0 Å². The SMILES string of the molecule is CC(C)(O)C(C)(C)OB(O)c1cnc(=O)[nH]c1. The predicted molar refractivity (Wildman–Crippen MR) is 63.9 cm³/mol. The maximum atomic E-state index is 10.8. The average Bonchev–Trinajstić information content (AvgIpc) is 2.16. The van der Waals surface area contributed by atoms with Crippen molar-refractivity contribution in [2.24, 2.45) is 0 Å². The molecular formula is C10H17BN2O4. The molecule has 17 heavy (non-hydrogen) atoms. The van der Waals surface area contributed by atoms with Crippen molar-refractivity contribution in [2.45, 2.75) is 38.9 Å². The maximum absolute atomic E-state index is 10.8. The van der Waals surface area contributed by atoms with E-state index in [1.54, 1.807) is 27.7 Å². The van der Waals surface area contributed by atoms with Crippen LogP contribution in [-0.4, -0.2) is 38.4 Å². The minimum Gasteiger partial charge on any atom is -0.423 e. The lowest BCUT2D eigenvalue weighted by Gasteiger charge is -2.38. The largest absolute Gasteiger partial charge is 0.494 e. The van der Waals surface area contributed by atoms with E-state index in [0.29, 0.717) is 5.46 Å². The van der Waals surface area contributed by atoms with Crippen LogP contribution < -0.4 is 11.2 Å². The van der Waals surface area contributed by atoms with E-state index in [1.165, 1.54) is 12.4 Å². The van der Waals surface area contributed by atoms with Gasteiger partial charge in [-0.1, -0.05) is 0 Å². The van der Waals surface area contributed by atoms with E-state index < -0.39 is 24.0 Å². The van der Waals surface area contributed by atoms with Crippen LogP contribution in [0, 0.1) is 0 Å². The molecule has 6 nitrogen and oxygen atoms in total. The number of H-pyrrole nitrogens is 1. The van der Waals surface area contributed by atoms with Gasteiger partial charge in [0.25, 0.3) is 0 Å². The maximum Gasteiger partial charge on any atom is 0.494 e. The van der Waals surface area contributed by atoms with Gasteiger partial charge in [-0.15, -0.1) is 0 Å². The van der Waals surface area contributed by atoms with Crippen molar-refractivity contribution < 1.29 is 14.8 Å². The summed E-state index contributed by atoms with van der Waals surface area (Å²) in [5, 5.41) is 19.7. The number of hydrogen-bond acceptors (Lipinski definition) is 5. The van der Waals surface area contributed by atoms with Gasteiger partial charge >= 0.3 is 12.8 Å². The molecular weight excluding hydrogens is 223 g/mol. The third kappa shape index (κ3) is 3.39. The van der Waals surface area contributed by atoms with Gasteiger partial charge in [-0.05, 0) is 27.7 Å². The molecule has 1 rings (SSSR count). The van der Waals surface area contributed by atoms with Crippen molar-refractivity contribution in [2.75, 3.05) is 0 Å². The Hall–Kier alpha value is -1.18. The molecule has 3 N–H and O–H groups in total. The second-order valence-electron chi connectivity index (χ2n) is 4.89. The van der Waals surface area contributed by atoms with Gasteiger partial charge in [0, 0.05) is 17.9 Å². The Bertz CT molecular complexity index is 418. The van der Waals surface area contributed by atoms with Crippen LogP contribution in [0.4, 0.5) is 0 Å². The summed E-state index contributed by atoms with van der Waals surface area (Å²) in [4.78, 5) is 16.6. The third-order valence-corrected chi connectivity index (χ3v) is 2.86. The number of rotatable bonds is 4. The number of nitrogens with one attached hydrogen (secondary N) is 1. The van der Waals surface area contributed by atoms with Crippen LogP contribution >= 0.6 is 0 Å². The van der Waals surface area contributed by atoms with E-state index in [9.17, 15) is 14.9 Å². The molecule has 1 aromatic rings. The summed E-state index contributed by atoms with van der Waals surface area (Å²) in [5.41, 5.74) is -2.25. The Morgan fingerprint density at radius 3 is 2.41 bits per heavy atom. The monoisotopic (exact) mass is 240 g/mol. The average molecular weight is 240 g/mol. The summed E-state index contributed by atoms with van der Waals surface area (Å²) in [5.74, 6) is 0. The molecule has 1 aromatic heterocycles. The second kappa shape index (κ2) is 4.60. The van der Waals surface area contributed by atoms with E-state index in [1.807, 2.05) is 0 Å². The van der Waals surface area contributed by atoms with Gasteiger partial charge in [-0.25, -0.2) is 9.78 Å². The molecule has 0 spiro atoms. The van der Waals surface area contributed by atoms with E-state index >= 15 is 0 Å². The van der Waals surface area contributed by atoms with Crippen molar-refractivity contribution in [3.05, 3.63) is 22.9 Å². The molecule has 0 bridgehead atoms. The minimum absolute atomic E-state index is 0.321. The van der Waals surface area contributed by atoms with Gasteiger partial charge in [-0.3, -0.25) is 0 Å². The molecule has 0 aliphatic carbocycles. The zero-order valence-electron chi connectivity index (χ0n) is 10.4. The van der Waals surface area contributed by atoms with Gasteiger partial charge in [0.1, 0.15) is 0 Å². The zero-order valence-corrected chi connectivity index (χ0v) is 10.4. The van der Waals surface area contributed by atoms with E-state index in [2.05, 4.69) is 9.97 Å². The fraction of sp³-hybridized carbons (Fsp3) is 0.600. The summed E-state index contributed by atoms with van der Waals surface area (Å²) in [6.07, 6.45) is 2.55. The van der Waals surface area contributed by atoms with E-state index in [-0.39, 0.29) is 0 Å². The predicted octanol–water partition coefficient (Wildman–Crippen LogP) is -0.976. The standard InChI is InChI=1S/C10H17BN2O4/c1-9(2,15)10(3,4)17-11(16)7-5-12-8(14)13-6-7/h5-6,15-16H,1-4H3,(H,12,13,14). The van der Waals surface area contributed by atoms with Crippen LogP contribution in [0.15, 0.2) is 17.2 Å². The molecule has 1 heterocycles. The highest BCUT2D eigenvalue weighted by atomic mass is 16.5. The van der Waals surface area contributed by atoms with Gasteiger partial charge in [0.2, 0.25) is 0 Å². The first-order valence-corrected chi connectivity index (χ1v) is 5.26. The van der Waals surface area contributed by atoms with Crippen LogP contribution in [0.5, 0.6) is 0 Å². The molecule has 0 amide bonds. The van der Waals surface area contributed by atoms with Crippen molar-refractivity contribution >= 4 is 12.6 Å². The Morgan fingerprint density at radius 2 is 2.00 bits per heavy atom. The first-order chi connectivity index (χ1) is 7.63. The number of aromatic amines is 1. The molecule has 0 aliphatic rings. The molecule has 0 unspecified atom stereocenters. The van der Waals surface area contributed by atoms with Gasteiger partial charge in [0.15, 0.2) is 0 Å². The van der Waals surface area contributed by atoms with Gasteiger partial charge in [0.05, 0.1) is 11.2 Å². The molecule has 0 saturated heterocycles. The molecule has 94 valence electrons. The first-order valence-electron chi connectivity index (χ1n) is 5.26. The molecule has 0 aromatic carbocycles. The van der Waals surface area contributed by atoms with Crippen molar-refractivity contribution in [3.63, 3.8) is 0 Å². The fourth-order valence-corrected chi connectivity index (χ4v) is 0.979. The summed E-state index contributed by atoms with van der Waals surface area (Å²) in [7, 11) is -1.26. The second-order valence-corrected chi connectivity index (χ2v) is 4.89. The van der Waals surface area contributed by atoms with Crippen LogP contribution in [0.3, 0.4) is 0 Å². The highest BCUT2D eigenvalue weighted by molar-refractivity contribution is 6.59. The highest BCUT2D eigenvalue weighted by Crippen LogP contribution is 2.25. The first kappa shape index (κ1) is 13.9. The minimum atomic E-state index is -1.26. The van der Waals surface area contributed by atoms with Crippen LogP contribution in [-0.2, 0) is 4.65 Å². The molecule has 0 fully saturated rings. The lowest BCUT2D eigenvalue weighted by molar-refractivity contribution is -0.0982. The number of aliphatic hydroxyl groups is 1. The zero-order chi connectivity index (χ0) is 13.3. The van der Waals surface area contributed by atoms with Crippen LogP contribution in [0.1, 0.15) is 27.7 Å². The molecule has 0 atom stereocenters. The van der Waals surface area contributed by atoms with Crippen molar-refractivity contribution in [1.29, 1.82) is 0 Å². The van der Waals surface area contributed by atoms with Crippen LogP contribution in [0.25, 0.3) is 0 Å². The Labute approximate surface area is 99.8 Å². The lowest BCUT2D eigenvalue weighted by Crippen LogP contribution is -2.53. The highest BCUT2D eigenvalue weighted by Gasteiger charge is 2.39. The smallest absolute Gasteiger partial charge is 0.423 e. The topological polar surface area (TPSA) is 95.4 Å². The lowest BCUT2D eigenvalue weighted by atomic mass is 9.78. The normalized spacial score (nSPS) is 12.6. The van der Waals surface area contributed by atoms with Gasteiger partial charge in [-0.2, -0.15) is 0 Å². The summed E-state index contributed by atoms with van der Waals surface area (Å²) < 4.78 is 5.37. The molecule has 0 saturated carbocycles. The fourth-order valence-electron chi connectivity index (χ4n) is 0.979. The molecule has 0 aliphatic heterocycles. The summed E-state index contributed by atoms with van der Waals surface area (Å²) in [6, 6.07) is 0. The van der Waals surface area contributed by atoms with Crippen molar-refractivity contribution in [3.8, 4) is 0 Å². The summed E-state index contributed by atoms with van der Waals surface area (Å²) in [6.45, 7) is 6.50. The molecule has 0 radical (unpaired) electrons.